The number of hydrogen-bond donors (Lipinski definition) is 0. The van der Waals surface area contributed by atoms with Gasteiger partial charge in [-0.05, 0) is 0 Å². The second-order valence-electron chi connectivity index (χ2n) is 1.53. The van der Waals surface area contributed by atoms with Crippen LogP contribution >= 0.6 is 0 Å². The molecule has 0 aliphatic heterocycles. The molecule has 0 aromatic carbocycles. The number of ether oxygens (including phenoxy) is 1. The molecule has 0 saturated heterocycles. The van der Waals surface area contributed by atoms with Crippen molar-refractivity contribution in [2.45, 2.75) is 25.6 Å². The van der Waals surface area contributed by atoms with Crippen LogP contribution in [-0.4, -0.2) is 25.6 Å². The first kappa shape index (κ1) is 10.5. The first-order valence-corrected chi connectivity index (χ1v) is 2.45. The molecule has 2 unspecified atom stereocenters. The molecule has 1 nitrogen and oxygen atoms in total. The van der Waals surface area contributed by atoms with Crippen LogP contribution in [0.4, 0.5) is 26.3 Å². The maximum Gasteiger partial charge on any atom is 0.347 e. The van der Waals surface area contributed by atoms with Gasteiger partial charge in [0.15, 0.2) is 0 Å². The molecule has 0 bridgehead atoms. The molecule has 0 aliphatic rings. The topological polar surface area (TPSA) is 9.23 Å². The predicted octanol–water partition coefficient (Wildman–Crippen LogP) is 2.12. The monoisotopic (exact) mass is 182 g/mol. The lowest BCUT2D eigenvalue weighted by atomic mass is 10.4. The summed E-state index contributed by atoms with van der Waals surface area (Å²) in [7, 11) is 0. The molecule has 0 aromatic heterocycles. The summed E-state index contributed by atoms with van der Waals surface area (Å²) >= 11 is 0. The Bertz CT molecular complexity index is 107. The SMILES string of the molecule is FC(F)OC(F)C(F)C(F)F. The Balaban J connectivity index is 3.73. The van der Waals surface area contributed by atoms with E-state index in [0.29, 0.717) is 0 Å². The van der Waals surface area contributed by atoms with Gasteiger partial charge in [-0.15, -0.1) is 0 Å². The molecule has 0 amide bonds. The van der Waals surface area contributed by atoms with Gasteiger partial charge in [0.05, 0.1) is 0 Å². The van der Waals surface area contributed by atoms with Gasteiger partial charge in [0.2, 0.25) is 12.5 Å². The molecular formula is C4H4F6O. The molecule has 0 heterocycles. The van der Waals surface area contributed by atoms with E-state index in [1.807, 2.05) is 0 Å². The predicted molar refractivity (Wildman–Crippen MR) is 22.9 cm³/mol. The molecule has 2 atom stereocenters. The van der Waals surface area contributed by atoms with Gasteiger partial charge in [-0.2, -0.15) is 8.78 Å². The van der Waals surface area contributed by atoms with Crippen LogP contribution in [0.25, 0.3) is 0 Å². The maximum atomic E-state index is 11.7. The average molecular weight is 182 g/mol. The quantitative estimate of drug-likeness (QED) is 0.605. The minimum absolute atomic E-state index is 2.82. The lowest BCUT2D eigenvalue weighted by molar-refractivity contribution is -0.231. The van der Waals surface area contributed by atoms with Gasteiger partial charge in [-0.25, -0.2) is 17.6 Å². The lowest BCUT2D eigenvalue weighted by Gasteiger charge is -2.11. The number of hydrogen-bond acceptors (Lipinski definition) is 1. The van der Waals surface area contributed by atoms with Crippen LogP contribution in [0.5, 0.6) is 0 Å². The van der Waals surface area contributed by atoms with Crippen LogP contribution in [0.3, 0.4) is 0 Å². The molecule has 0 aliphatic carbocycles. The summed E-state index contributed by atoms with van der Waals surface area (Å²) in [6.45, 7) is -3.60. The Morgan fingerprint density at radius 1 is 0.818 bits per heavy atom. The van der Waals surface area contributed by atoms with E-state index < -0.39 is 25.6 Å². The van der Waals surface area contributed by atoms with Crippen LogP contribution in [0.2, 0.25) is 0 Å². The smallest absolute Gasteiger partial charge is 0.285 e. The minimum atomic E-state index is -3.66. The van der Waals surface area contributed by atoms with E-state index in [9.17, 15) is 26.3 Å². The van der Waals surface area contributed by atoms with E-state index in [2.05, 4.69) is 4.74 Å². The van der Waals surface area contributed by atoms with E-state index in [1.165, 1.54) is 0 Å². The zero-order chi connectivity index (χ0) is 9.02. The van der Waals surface area contributed by atoms with E-state index in [4.69, 9.17) is 0 Å². The van der Waals surface area contributed by atoms with Gasteiger partial charge in [0, 0.05) is 0 Å². The Labute approximate surface area is 57.9 Å². The molecule has 0 fully saturated rings. The Morgan fingerprint density at radius 2 is 1.27 bits per heavy atom. The zero-order valence-electron chi connectivity index (χ0n) is 4.99. The molecule has 0 spiro atoms. The van der Waals surface area contributed by atoms with Crippen LogP contribution in [0.15, 0.2) is 0 Å². The Morgan fingerprint density at radius 3 is 1.55 bits per heavy atom. The fourth-order valence-electron chi connectivity index (χ4n) is 0.288. The maximum absolute atomic E-state index is 11.7. The normalized spacial score (nSPS) is 17.5. The van der Waals surface area contributed by atoms with Crippen LogP contribution < -0.4 is 0 Å². The van der Waals surface area contributed by atoms with Crippen molar-refractivity contribution >= 4 is 0 Å². The first-order valence-electron chi connectivity index (χ1n) is 2.45. The molecular weight excluding hydrogens is 178 g/mol. The van der Waals surface area contributed by atoms with Crippen molar-refractivity contribution in [1.82, 2.24) is 0 Å². The minimum Gasteiger partial charge on any atom is -0.285 e. The van der Waals surface area contributed by atoms with Gasteiger partial charge < -0.3 is 0 Å². The molecule has 0 aromatic rings. The van der Waals surface area contributed by atoms with Gasteiger partial charge in [0.25, 0.3) is 6.43 Å². The standard InChI is InChI=1S/C4H4F6O/c5-1(2(6)7)3(8)11-4(9)10/h1-4H. The van der Waals surface area contributed by atoms with Crippen molar-refractivity contribution in [3.8, 4) is 0 Å². The third-order valence-corrected chi connectivity index (χ3v) is 0.724. The average Bonchev–Trinajstić information content (AvgIpc) is 1.84. The van der Waals surface area contributed by atoms with Crippen molar-refractivity contribution < 1.29 is 31.1 Å². The fourth-order valence-corrected chi connectivity index (χ4v) is 0.288. The second kappa shape index (κ2) is 4.42. The van der Waals surface area contributed by atoms with E-state index in [1.54, 1.807) is 0 Å². The summed E-state index contributed by atoms with van der Waals surface area (Å²) in [6.07, 6.45) is -10.3. The summed E-state index contributed by atoms with van der Waals surface area (Å²) < 4.78 is 70.7. The van der Waals surface area contributed by atoms with Gasteiger partial charge >= 0.3 is 6.61 Å². The first-order chi connectivity index (χ1) is 4.95. The van der Waals surface area contributed by atoms with E-state index >= 15 is 0 Å². The third-order valence-electron chi connectivity index (χ3n) is 0.724. The lowest BCUT2D eigenvalue weighted by Crippen LogP contribution is -2.29. The van der Waals surface area contributed by atoms with Crippen molar-refractivity contribution in [1.29, 1.82) is 0 Å². The van der Waals surface area contributed by atoms with Crippen LogP contribution in [0.1, 0.15) is 0 Å². The number of halogens is 6. The summed E-state index contributed by atoms with van der Waals surface area (Å²) in [4.78, 5) is 0. The highest BCUT2D eigenvalue weighted by Crippen LogP contribution is 2.16. The molecule has 68 valence electrons. The van der Waals surface area contributed by atoms with Crippen LogP contribution in [-0.2, 0) is 4.74 Å². The molecule has 7 heteroatoms. The summed E-state index contributed by atoms with van der Waals surface area (Å²) in [5.74, 6) is 0. The molecule has 0 N–H and O–H groups in total. The summed E-state index contributed by atoms with van der Waals surface area (Å²) in [5, 5.41) is 0. The van der Waals surface area contributed by atoms with Crippen molar-refractivity contribution in [3.05, 3.63) is 0 Å². The number of alkyl halides is 6. The highest BCUT2D eigenvalue weighted by molar-refractivity contribution is 4.61. The van der Waals surface area contributed by atoms with E-state index in [-0.39, 0.29) is 0 Å². The third kappa shape index (κ3) is 4.07. The van der Waals surface area contributed by atoms with Crippen LogP contribution in [0, 0.1) is 0 Å². The molecule has 0 rings (SSSR count). The largest absolute Gasteiger partial charge is 0.347 e. The summed E-state index contributed by atoms with van der Waals surface area (Å²) in [6, 6.07) is 0. The molecule has 11 heavy (non-hydrogen) atoms. The molecule has 0 saturated carbocycles. The van der Waals surface area contributed by atoms with Crippen molar-refractivity contribution in [3.63, 3.8) is 0 Å². The van der Waals surface area contributed by atoms with Gasteiger partial charge in [-0.3, -0.25) is 4.74 Å². The van der Waals surface area contributed by atoms with Gasteiger partial charge in [-0.1, -0.05) is 0 Å². The van der Waals surface area contributed by atoms with E-state index in [0.717, 1.165) is 0 Å². The van der Waals surface area contributed by atoms with Crippen molar-refractivity contribution in [2.75, 3.05) is 0 Å². The summed E-state index contributed by atoms with van der Waals surface area (Å²) in [5.41, 5.74) is 0. The van der Waals surface area contributed by atoms with Gasteiger partial charge in [0.1, 0.15) is 0 Å². The Kier molecular flexibility index (Phi) is 4.24. The van der Waals surface area contributed by atoms with Crippen molar-refractivity contribution in [2.24, 2.45) is 0 Å². The highest BCUT2D eigenvalue weighted by atomic mass is 19.3. The number of rotatable bonds is 4. The highest BCUT2D eigenvalue weighted by Gasteiger charge is 2.32. The zero-order valence-corrected chi connectivity index (χ0v) is 4.99. The second-order valence-corrected chi connectivity index (χ2v) is 1.53. The Hall–Kier alpha value is -0.460. The fraction of sp³-hybridized carbons (Fsp3) is 1.00. The molecule has 0 radical (unpaired) electrons.